The molecule has 26 heavy (non-hydrogen) atoms. The number of benzene rings is 2. The minimum absolute atomic E-state index is 0.0455. The number of hydrogen-bond acceptors (Lipinski definition) is 3. The van der Waals surface area contributed by atoms with Crippen LogP contribution in [0.4, 0.5) is 0 Å². The summed E-state index contributed by atoms with van der Waals surface area (Å²) in [7, 11) is 0. The number of carbonyl (C=O) groups excluding carboxylic acids is 1. The number of aromatic nitrogens is 1. The van der Waals surface area contributed by atoms with Gasteiger partial charge in [0, 0.05) is 30.0 Å². The molecule has 3 rings (SSSR count). The average molecular weight is 369 g/mol. The SMILES string of the molecule is Cc1ccc(-c2cnc(CCC(=O)NCc3cccc(Cl)c3)o2)cc1C. The summed E-state index contributed by atoms with van der Waals surface area (Å²) in [6.45, 7) is 4.60. The number of halogens is 1. The fourth-order valence-corrected chi connectivity index (χ4v) is 2.82. The molecule has 0 radical (unpaired) electrons. The van der Waals surface area contributed by atoms with Gasteiger partial charge in [-0.2, -0.15) is 0 Å². The van der Waals surface area contributed by atoms with Crippen molar-refractivity contribution in [2.45, 2.75) is 33.2 Å². The van der Waals surface area contributed by atoms with E-state index >= 15 is 0 Å². The van der Waals surface area contributed by atoms with Gasteiger partial charge in [-0.3, -0.25) is 4.79 Å². The van der Waals surface area contributed by atoms with E-state index in [1.807, 2.05) is 30.3 Å². The molecule has 3 aromatic rings. The molecule has 2 aromatic carbocycles. The minimum Gasteiger partial charge on any atom is -0.441 e. The third kappa shape index (κ3) is 4.73. The zero-order chi connectivity index (χ0) is 18.5. The molecule has 1 amide bonds. The number of rotatable bonds is 6. The first kappa shape index (κ1) is 18.2. The van der Waals surface area contributed by atoms with Crippen LogP contribution in [0.25, 0.3) is 11.3 Å². The molecule has 134 valence electrons. The molecule has 0 saturated carbocycles. The standard InChI is InChI=1S/C21H21ClN2O2/c1-14-6-7-17(10-15(14)2)19-13-24-21(26-19)9-8-20(25)23-12-16-4-3-5-18(22)11-16/h3-7,10-11,13H,8-9,12H2,1-2H3,(H,23,25). The van der Waals surface area contributed by atoms with Gasteiger partial charge in [-0.05, 0) is 48.7 Å². The Hall–Kier alpha value is -2.59. The van der Waals surface area contributed by atoms with Crippen molar-refractivity contribution in [3.05, 3.63) is 76.3 Å². The maximum absolute atomic E-state index is 12.0. The highest BCUT2D eigenvalue weighted by atomic mass is 35.5. The van der Waals surface area contributed by atoms with Gasteiger partial charge in [-0.1, -0.05) is 35.9 Å². The fraction of sp³-hybridized carbons (Fsp3) is 0.238. The predicted octanol–water partition coefficient (Wildman–Crippen LogP) is 4.86. The molecular weight excluding hydrogens is 348 g/mol. The second-order valence-electron chi connectivity index (χ2n) is 6.32. The van der Waals surface area contributed by atoms with Crippen LogP contribution in [0.15, 0.2) is 53.1 Å². The molecule has 0 aliphatic rings. The lowest BCUT2D eigenvalue weighted by atomic mass is 10.1. The van der Waals surface area contributed by atoms with Crippen molar-refractivity contribution in [3.8, 4) is 11.3 Å². The number of oxazole rings is 1. The zero-order valence-corrected chi connectivity index (χ0v) is 15.6. The molecule has 1 N–H and O–H groups in total. The van der Waals surface area contributed by atoms with Gasteiger partial charge >= 0.3 is 0 Å². The van der Waals surface area contributed by atoms with Crippen LogP contribution in [0.2, 0.25) is 5.02 Å². The summed E-state index contributed by atoms with van der Waals surface area (Å²) in [4.78, 5) is 16.3. The van der Waals surface area contributed by atoms with Crippen molar-refractivity contribution in [2.24, 2.45) is 0 Å². The number of nitrogens with one attached hydrogen (secondary N) is 1. The van der Waals surface area contributed by atoms with Crippen molar-refractivity contribution in [1.82, 2.24) is 10.3 Å². The first-order chi connectivity index (χ1) is 12.5. The summed E-state index contributed by atoms with van der Waals surface area (Å²) in [5, 5.41) is 3.54. The third-order valence-electron chi connectivity index (χ3n) is 4.29. The van der Waals surface area contributed by atoms with E-state index in [-0.39, 0.29) is 5.91 Å². The zero-order valence-electron chi connectivity index (χ0n) is 14.9. The summed E-state index contributed by atoms with van der Waals surface area (Å²) in [6, 6.07) is 13.6. The molecule has 4 nitrogen and oxygen atoms in total. The largest absolute Gasteiger partial charge is 0.441 e. The maximum atomic E-state index is 12.0. The highest BCUT2D eigenvalue weighted by molar-refractivity contribution is 6.30. The Labute approximate surface area is 158 Å². The van der Waals surface area contributed by atoms with E-state index in [2.05, 4.69) is 36.3 Å². The first-order valence-corrected chi connectivity index (χ1v) is 8.92. The molecule has 1 heterocycles. The van der Waals surface area contributed by atoms with E-state index in [0.29, 0.717) is 30.3 Å². The highest BCUT2D eigenvalue weighted by Gasteiger charge is 2.10. The van der Waals surface area contributed by atoms with Gasteiger partial charge in [0.2, 0.25) is 5.91 Å². The number of carbonyl (C=O) groups is 1. The van der Waals surface area contributed by atoms with Crippen LogP contribution >= 0.6 is 11.6 Å². The Morgan fingerprint density at radius 2 is 2.00 bits per heavy atom. The van der Waals surface area contributed by atoms with E-state index < -0.39 is 0 Å². The first-order valence-electron chi connectivity index (χ1n) is 8.55. The van der Waals surface area contributed by atoms with Gasteiger partial charge in [0.1, 0.15) is 0 Å². The van der Waals surface area contributed by atoms with Gasteiger partial charge in [0.25, 0.3) is 0 Å². The van der Waals surface area contributed by atoms with Crippen molar-refractivity contribution in [3.63, 3.8) is 0 Å². The van der Waals surface area contributed by atoms with Crippen LogP contribution in [0.3, 0.4) is 0 Å². The number of amides is 1. The Balaban J connectivity index is 1.52. The number of hydrogen-bond donors (Lipinski definition) is 1. The molecule has 0 aliphatic carbocycles. The highest BCUT2D eigenvalue weighted by Crippen LogP contribution is 2.23. The second kappa shape index (κ2) is 8.19. The van der Waals surface area contributed by atoms with Crippen molar-refractivity contribution >= 4 is 17.5 Å². The quantitative estimate of drug-likeness (QED) is 0.675. The molecule has 0 fully saturated rings. The summed E-state index contributed by atoms with van der Waals surface area (Å²) in [5.74, 6) is 1.24. The van der Waals surface area contributed by atoms with Crippen LogP contribution in [0, 0.1) is 13.8 Å². The monoisotopic (exact) mass is 368 g/mol. The van der Waals surface area contributed by atoms with Gasteiger partial charge in [-0.25, -0.2) is 4.98 Å². The maximum Gasteiger partial charge on any atom is 0.220 e. The van der Waals surface area contributed by atoms with Crippen molar-refractivity contribution in [1.29, 1.82) is 0 Å². The number of aryl methyl sites for hydroxylation is 3. The van der Waals surface area contributed by atoms with Crippen molar-refractivity contribution < 1.29 is 9.21 Å². The Kier molecular flexibility index (Phi) is 5.74. The van der Waals surface area contributed by atoms with Crippen LogP contribution in [0.1, 0.15) is 29.0 Å². The van der Waals surface area contributed by atoms with Crippen LogP contribution in [-0.2, 0) is 17.8 Å². The lowest BCUT2D eigenvalue weighted by molar-refractivity contribution is -0.121. The average Bonchev–Trinajstić information content (AvgIpc) is 3.09. The van der Waals surface area contributed by atoms with Gasteiger partial charge in [0.15, 0.2) is 11.7 Å². The van der Waals surface area contributed by atoms with Gasteiger partial charge in [-0.15, -0.1) is 0 Å². The summed E-state index contributed by atoms with van der Waals surface area (Å²) in [5.41, 5.74) is 4.42. The topological polar surface area (TPSA) is 55.1 Å². The van der Waals surface area contributed by atoms with Crippen LogP contribution < -0.4 is 5.32 Å². The van der Waals surface area contributed by atoms with Crippen LogP contribution in [-0.4, -0.2) is 10.9 Å². The molecular formula is C21H21ClN2O2. The summed E-state index contributed by atoms with van der Waals surface area (Å²) < 4.78 is 5.78. The Morgan fingerprint density at radius 3 is 2.77 bits per heavy atom. The Morgan fingerprint density at radius 1 is 1.15 bits per heavy atom. The van der Waals surface area contributed by atoms with Gasteiger partial charge < -0.3 is 9.73 Å². The lowest BCUT2D eigenvalue weighted by Gasteiger charge is -2.05. The normalized spacial score (nSPS) is 10.7. The number of nitrogens with zero attached hydrogens (tertiary/aromatic N) is 1. The molecule has 0 spiro atoms. The molecule has 0 unspecified atom stereocenters. The van der Waals surface area contributed by atoms with E-state index in [1.54, 1.807) is 6.20 Å². The Bertz CT molecular complexity index is 918. The van der Waals surface area contributed by atoms with Gasteiger partial charge in [0.05, 0.1) is 6.20 Å². The van der Waals surface area contributed by atoms with E-state index in [9.17, 15) is 4.79 Å². The fourth-order valence-electron chi connectivity index (χ4n) is 2.61. The van der Waals surface area contributed by atoms with E-state index in [4.69, 9.17) is 16.0 Å². The molecule has 0 saturated heterocycles. The molecule has 0 bridgehead atoms. The van der Waals surface area contributed by atoms with Crippen molar-refractivity contribution in [2.75, 3.05) is 0 Å². The third-order valence-corrected chi connectivity index (χ3v) is 4.52. The van der Waals surface area contributed by atoms with E-state index in [0.717, 1.165) is 16.9 Å². The minimum atomic E-state index is -0.0455. The smallest absolute Gasteiger partial charge is 0.220 e. The molecule has 1 aromatic heterocycles. The van der Waals surface area contributed by atoms with E-state index in [1.165, 1.54) is 11.1 Å². The lowest BCUT2D eigenvalue weighted by Crippen LogP contribution is -2.23. The second-order valence-corrected chi connectivity index (χ2v) is 6.76. The molecule has 0 aliphatic heterocycles. The molecule has 0 atom stereocenters. The van der Waals surface area contributed by atoms with Crippen LogP contribution in [0.5, 0.6) is 0 Å². The molecule has 5 heteroatoms. The summed E-state index contributed by atoms with van der Waals surface area (Å²) in [6.07, 6.45) is 2.50. The summed E-state index contributed by atoms with van der Waals surface area (Å²) >= 11 is 5.94. The predicted molar refractivity (Wildman–Crippen MR) is 103 cm³/mol.